The van der Waals surface area contributed by atoms with Crippen LogP contribution in [0.15, 0.2) is 5.16 Å². The third kappa shape index (κ3) is 4.89. The van der Waals surface area contributed by atoms with E-state index in [0.29, 0.717) is 6.54 Å². The summed E-state index contributed by atoms with van der Waals surface area (Å²) in [6, 6.07) is -0.789. The zero-order chi connectivity index (χ0) is 10.3. The minimum atomic E-state index is -0.471. The number of amidine groups is 1. The summed E-state index contributed by atoms with van der Waals surface area (Å²) in [4.78, 5) is 11.0. The molecule has 0 spiro atoms. The maximum Gasteiger partial charge on any atom is 0.315 e. The fourth-order valence-electron chi connectivity index (χ4n) is 0.647. The van der Waals surface area contributed by atoms with Gasteiger partial charge < -0.3 is 21.6 Å². The Morgan fingerprint density at radius 3 is 2.77 bits per heavy atom. The number of carbonyl (C=O) groups is 1. The lowest BCUT2D eigenvalue weighted by molar-refractivity contribution is 0.239. The molecule has 13 heavy (non-hydrogen) atoms. The number of nitrogens with zero attached hydrogens (tertiary/aromatic N) is 1. The van der Waals surface area contributed by atoms with Crippen LogP contribution in [-0.2, 0) is 0 Å². The number of nitrogens with two attached hydrogens (primary N) is 1. The first kappa shape index (κ1) is 11.5. The normalized spacial score (nSPS) is 13.5. The fourth-order valence-corrected chi connectivity index (χ4v) is 0.647. The van der Waals surface area contributed by atoms with Gasteiger partial charge in [-0.05, 0) is 13.3 Å². The smallest absolute Gasteiger partial charge is 0.315 e. The van der Waals surface area contributed by atoms with E-state index in [1.54, 1.807) is 6.92 Å². The molecule has 0 heterocycles. The molecule has 0 aromatic heterocycles. The molecule has 0 rings (SSSR count). The minimum Gasteiger partial charge on any atom is -0.409 e. The SMILES string of the molecule is CCCNC(=O)NC(C)/C(N)=N/O. The molecule has 0 aliphatic rings. The second kappa shape index (κ2) is 6.10. The molecule has 0 saturated carbocycles. The Balaban J connectivity index is 3.78. The maximum absolute atomic E-state index is 11.0. The number of amides is 2. The van der Waals surface area contributed by atoms with E-state index >= 15 is 0 Å². The molecule has 0 aromatic rings. The summed E-state index contributed by atoms with van der Waals surface area (Å²) in [5.74, 6) is -0.0216. The predicted molar refractivity (Wildman–Crippen MR) is 49.7 cm³/mol. The lowest BCUT2D eigenvalue weighted by Gasteiger charge is -2.12. The summed E-state index contributed by atoms with van der Waals surface area (Å²) in [5.41, 5.74) is 5.25. The van der Waals surface area contributed by atoms with Gasteiger partial charge in [-0.15, -0.1) is 0 Å². The van der Waals surface area contributed by atoms with Crippen molar-refractivity contribution in [2.45, 2.75) is 26.3 Å². The van der Waals surface area contributed by atoms with Crippen LogP contribution < -0.4 is 16.4 Å². The second-order valence-electron chi connectivity index (χ2n) is 2.65. The summed E-state index contributed by atoms with van der Waals surface area (Å²) in [5, 5.41) is 16.2. The van der Waals surface area contributed by atoms with Crippen LogP contribution in [0.4, 0.5) is 4.79 Å². The van der Waals surface area contributed by atoms with Crippen molar-refractivity contribution in [2.75, 3.05) is 6.54 Å². The number of urea groups is 1. The molecule has 2 amide bonds. The van der Waals surface area contributed by atoms with Crippen molar-refractivity contribution in [1.82, 2.24) is 10.6 Å². The first-order chi connectivity index (χ1) is 6.11. The third-order valence-corrected chi connectivity index (χ3v) is 1.44. The quantitative estimate of drug-likeness (QED) is 0.213. The lowest BCUT2D eigenvalue weighted by atomic mass is 10.3. The van der Waals surface area contributed by atoms with Crippen molar-refractivity contribution in [3.8, 4) is 0 Å². The lowest BCUT2D eigenvalue weighted by Crippen LogP contribution is -2.47. The maximum atomic E-state index is 11.0. The monoisotopic (exact) mass is 188 g/mol. The molecule has 0 radical (unpaired) electrons. The van der Waals surface area contributed by atoms with Crippen molar-refractivity contribution >= 4 is 11.9 Å². The van der Waals surface area contributed by atoms with Gasteiger partial charge in [-0.25, -0.2) is 4.79 Å². The van der Waals surface area contributed by atoms with E-state index in [1.807, 2.05) is 6.92 Å². The van der Waals surface area contributed by atoms with E-state index in [9.17, 15) is 4.79 Å². The number of oxime groups is 1. The van der Waals surface area contributed by atoms with E-state index in [1.165, 1.54) is 0 Å². The summed E-state index contributed by atoms with van der Waals surface area (Å²) >= 11 is 0. The zero-order valence-electron chi connectivity index (χ0n) is 7.87. The van der Waals surface area contributed by atoms with Gasteiger partial charge in [0.25, 0.3) is 0 Å². The van der Waals surface area contributed by atoms with E-state index < -0.39 is 6.04 Å². The Morgan fingerprint density at radius 1 is 1.69 bits per heavy atom. The van der Waals surface area contributed by atoms with Crippen molar-refractivity contribution in [2.24, 2.45) is 10.9 Å². The fraction of sp³-hybridized carbons (Fsp3) is 0.714. The van der Waals surface area contributed by atoms with Crippen LogP contribution >= 0.6 is 0 Å². The van der Waals surface area contributed by atoms with Crippen molar-refractivity contribution < 1.29 is 10.0 Å². The Bertz CT molecular complexity index is 193. The number of hydrogen-bond acceptors (Lipinski definition) is 3. The van der Waals surface area contributed by atoms with Gasteiger partial charge in [-0.2, -0.15) is 0 Å². The highest BCUT2D eigenvalue weighted by Gasteiger charge is 2.09. The molecular formula is C7H16N4O2. The van der Waals surface area contributed by atoms with Crippen LogP contribution in [0.5, 0.6) is 0 Å². The van der Waals surface area contributed by atoms with E-state index in [4.69, 9.17) is 10.9 Å². The van der Waals surface area contributed by atoms with Crippen LogP contribution in [0.3, 0.4) is 0 Å². The first-order valence-corrected chi connectivity index (χ1v) is 4.13. The molecule has 5 N–H and O–H groups in total. The van der Waals surface area contributed by atoms with Gasteiger partial charge in [0.05, 0.1) is 6.04 Å². The van der Waals surface area contributed by atoms with Crippen molar-refractivity contribution in [3.63, 3.8) is 0 Å². The van der Waals surface area contributed by atoms with E-state index in [0.717, 1.165) is 6.42 Å². The van der Waals surface area contributed by atoms with Crippen molar-refractivity contribution in [3.05, 3.63) is 0 Å². The highest BCUT2D eigenvalue weighted by Crippen LogP contribution is 1.81. The van der Waals surface area contributed by atoms with Crippen LogP contribution in [0.1, 0.15) is 20.3 Å². The minimum absolute atomic E-state index is 0.0216. The average Bonchev–Trinajstić information content (AvgIpc) is 2.13. The largest absolute Gasteiger partial charge is 0.409 e. The van der Waals surface area contributed by atoms with Gasteiger partial charge in [-0.1, -0.05) is 12.1 Å². The van der Waals surface area contributed by atoms with Crippen molar-refractivity contribution in [1.29, 1.82) is 0 Å². The highest BCUT2D eigenvalue weighted by molar-refractivity contribution is 5.89. The van der Waals surface area contributed by atoms with Gasteiger partial charge in [-0.3, -0.25) is 0 Å². The topological polar surface area (TPSA) is 99.7 Å². The molecule has 0 fully saturated rings. The Hall–Kier alpha value is -1.46. The number of hydrogen-bond donors (Lipinski definition) is 4. The van der Waals surface area contributed by atoms with Crippen LogP contribution in [0.25, 0.3) is 0 Å². The molecule has 0 aliphatic carbocycles. The second-order valence-corrected chi connectivity index (χ2v) is 2.65. The summed E-state index contributed by atoms with van der Waals surface area (Å²) in [6.45, 7) is 4.18. The van der Waals surface area contributed by atoms with Crippen LogP contribution in [-0.4, -0.2) is 29.7 Å². The van der Waals surface area contributed by atoms with E-state index in [-0.39, 0.29) is 11.9 Å². The van der Waals surface area contributed by atoms with Crippen LogP contribution in [0, 0.1) is 0 Å². The molecule has 6 nitrogen and oxygen atoms in total. The molecule has 0 bridgehead atoms. The molecule has 1 atom stereocenters. The molecule has 0 saturated heterocycles. The predicted octanol–water partition coefficient (Wildman–Crippen LogP) is -0.169. The number of nitrogens with one attached hydrogen (secondary N) is 2. The van der Waals surface area contributed by atoms with Crippen LogP contribution in [0.2, 0.25) is 0 Å². The zero-order valence-corrected chi connectivity index (χ0v) is 7.87. The molecule has 0 aliphatic heterocycles. The standard InChI is InChI=1S/C7H16N4O2/c1-3-4-9-7(12)10-5(2)6(8)11-13/h5,13H,3-4H2,1-2H3,(H2,8,11)(H2,9,10,12). The van der Waals surface area contributed by atoms with Gasteiger partial charge >= 0.3 is 6.03 Å². The number of carbonyl (C=O) groups excluding carboxylic acids is 1. The number of rotatable bonds is 4. The first-order valence-electron chi connectivity index (χ1n) is 4.13. The molecular weight excluding hydrogens is 172 g/mol. The highest BCUT2D eigenvalue weighted by atomic mass is 16.4. The van der Waals surface area contributed by atoms with E-state index in [2.05, 4.69) is 15.8 Å². The Morgan fingerprint density at radius 2 is 2.31 bits per heavy atom. The molecule has 0 aromatic carbocycles. The summed E-state index contributed by atoms with van der Waals surface area (Å²) in [6.07, 6.45) is 0.866. The van der Waals surface area contributed by atoms with Gasteiger partial charge in [0.2, 0.25) is 0 Å². The molecule has 6 heteroatoms. The Kier molecular flexibility index (Phi) is 5.42. The third-order valence-electron chi connectivity index (χ3n) is 1.44. The summed E-state index contributed by atoms with van der Waals surface area (Å²) < 4.78 is 0. The van der Waals surface area contributed by atoms with Gasteiger partial charge in [0, 0.05) is 6.54 Å². The van der Waals surface area contributed by atoms with Gasteiger partial charge in [0.1, 0.15) is 0 Å². The molecule has 76 valence electrons. The Labute approximate surface area is 77.2 Å². The van der Waals surface area contributed by atoms with Gasteiger partial charge in [0.15, 0.2) is 5.84 Å². The average molecular weight is 188 g/mol. The summed E-state index contributed by atoms with van der Waals surface area (Å²) in [7, 11) is 0. The molecule has 1 unspecified atom stereocenters.